The molecule has 1 aromatic heterocycles. The molecule has 3 N–H and O–H groups in total. The number of aromatic amines is 1. The highest BCUT2D eigenvalue weighted by Gasteiger charge is 2.41. The van der Waals surface area contributed by atoms with Gasteiger partial charge in [-0.3, -0.25) is 4.98 Å². The maximum atomic E-state index is 12.5. The van der Waals surface area contributed by atoms with E-state index in [0.29, 0.717) is 18.7 Å². The van der Waals surface area contributed by atoms with Crippen LogP contribution in [-0.4, -0.2) is 21.1 Å². The van der Waals surface area contributed by atoms with E-state index in [1.807, 2.05) is 0 Å². The zero-order valence-corrected chi connectivity index (χ0v) is 9.50. The molecular formula is C10H13F3N4O. The van der Waals surface area contributed by atoms with Crippen LogP contribution >= 0.6 is 0 Å². The van der Waals surface area contributed by atoms with Crippen LogP contribution in [0.25, 0.3) is 0 Å². The van der Waals surface area contributed by atoms with Gasteiger partial charge in [-0.2, -0.15) is 23.1 Å². The predicted octanol–water partition coefficient (Wildman–Crippen LogP) is 1.58. The molecule has 100 valence electrons. The number of hydrogen-bond acceptors (Lipinski definition) is 4. The van der Waals surface area contributed by atoms with Gasteiger partial charge in [0.1, 0.15) is 5.82 Å². The van der Waals surface area contributed by atoms with Crippen molar-refractivity contribution >= 4 is 5.95 Å². The second-order valence-electron chi connectivity index (χ2n) is 4.49. The van der Waals surface area contributed by atoms with Crippen LogP contribution in [0.2, 0.25) is 0 Å². The molecule has 2 rings (SSSR count). The summed E-state index contributed by atoms with van der Waals surface area (Å²) in [6, 6.07) is 0. The molecule has 0 bridgehead atoms. The number of hydrogen-bond donors (Lipinski definition) is 2. The number of nitrogens with one attached hydrogen (secondary N) is 1. The molecule has 8 heteroatoms. The first kappa shape index (κ1) is 12.8. The number of nitrogens with two attached hydrogens (primary N) is 1. The summed E-state index contributed by atoms with van der Waals surface area (Å²) in [4.78, 5) is 20.8. The Morgan fingerprint density at radius 1 is 1.17 bits per heavy atom. The third kappa shape index (κ3) is 2.80. The quantitative estimate of drug-likeness (QED) is 0.804. The molecule has 1 heterocycles. The van der Waals surface area contributed by atoms with Crippen molar-refractivity contribution in [1.82, 2.24) is 15.0 Å². The maximum Gasteiger partial charge on any atom is 0.391 e. The maximum absolute atomic E-state index is 12.5. The van der Waals surface area contributed by atoms with Crippen LogP contribution in [0.15, 0.2) is 4.79 Å². The Kier molecular flexibility index (Phi) is 3.27. The number of alkyl halides is 3. The highest BCUT2D eigenvalue weighted by molar-refractivity contribution is 5.14. The molecule has 0 atom stereocenters. The minimum Gasteiger partial charge on any atom is -0.368 e. The summed E-state index contributed by atoms with van der Waals surface area (Å²) in [7, 11) is 0. The molecule has 1 aliphatic carbocycles. The van der Waals surface area contributed by atoms with Crippen molar-refractivity contribution < 1.29 is 13.2 Å². The predicted molar refractivity (Wildman–Crippen MR) is 57.8 cm³/mol. The smallest absolute Gasteiger partial charge is 0.368 e. The number of nitrogens with zero attached hydrogens (tertiary/aromatic N) is 2. The lowest BCUT2D eigenvalue weighted by molar-refractivity contribution is -0.182. The van der Waals surface area contributed by atoms with Crippen molar-refractivity contribution in [3.05, 3.63) is 16.3 Å². The molecule has 0 unspecified atom stereocenters. The summed E-state index contributed by atoms with van der Waals surface area (Å²) in [5.41, 5.74) is 4.73. The van der Waals surface area contributed by atoms with E-state index in [2.05, 4.69) is 15.0 Å². The van der Waals surface area contributed by atoms with Crippen molar-refractivity contribution in [2.75, 3.05) is 5.73 Å². The zero-order valence-electron chi connectivity index (χ0n) is 9.50. The van der Waals surface area contributed by atoms with Crippen LogP contribution < -0.4 is 11.4 Å². The average molecular weight is 262 g/mol. The van der Waals surface area contributed by atoms with Crippen molar-refractivity contribution in [2.45, 2.75) is 37.8 Å². The number of anilines is 1. The zero-order chi connectivity index (χ0) is 13.3. The molecule has 0 spiro atoms. The Morgan fingerprint density at radius 2 is 1.78 bits per heavy atom. The molecule has 5 nitrogen and oxygen atoms in total. The van der Waals surface area contributed by atoms with E-state index in [1.165, 1.54) is 0 Å². The van der Waals surface area contributed by atoms with Crippen LogP contribution in [0, 0.1) is 5.92 Å². The average Bonchev–Trinajstić information content (AvgIpc) is 2.27. The fourth-order valence-corrected chi connectivity index (χ4v) is 2.31. The molecule has 0 aliphatic heterocycles. The number of halogens is 3. The van der Waals surface area contributed by atoms with Gasteiger partial charge in [0.25, 0.3) is 0 Å². The van der Waals surface area contributed by atoms with Crippen molar-refractivity contribution in [3.63, 3.8) is 0 Å². The summed E-state index contributed by atoms with van der Waals surface area (Å²) in [6.45, 7) is 0. The van der Waals surface area contributed by atoms with Gasteiger partial charge < -0.3 is 5.73 Å². The fraction of sp³-hybridized carbons (Fsp3) is 0.700. The van der Waals surface area contributed by atoms with E-state index >= 15 is 0 Å². The van der Waals surface area contributed by atoms with Gasteiger partial charge >= 0.3 is 11.9 Å². The molecule has 1 aromatic rings. The van der Waals surface area contributed by atoms with Crippen LogP contribution in [0.1, 0.15) is 37.4 Å². The van der Waals surface area contributed by atoms with Crippen molar-refractivity contribution in [1.29, 1.82) is 0 Å². The summed E-state index contributed by atoms with van der Waals surface area (Å²) in [5.74, 6) is -1.24. The van der Waals surface area contributed by atoms with Gasteiger partial charge in [0.15, 0.2) is 0 Å². The number of nitrogen functional groups attached to an aromatic ring is 1. The second-order valence-corrected chi connectivity index (χ2v) is 4.49. The first-order valence-corrected chi connectivity index (χ1v) is 5.66. The Labute approximate surface area is 101 Å². The van der Waals surface area contributed by atoms with Gasteiger partial charge in [-0.1, -0.05) is 0 Å². The van der Waals surface area contributed by atoms with Gasteiger partial charge in [0.05, 0.1) is 5.92 Å². The van der Waals surface area contributed by atoms with E-state index < -0.39 is 17.8 Å². The van der Waals surface area contributed by atoms with Gasteiger partial charge in [-0.25, -0.2) is 4.79 Å². The largest absolute Gasteiger partial charge is 0.391 e. The first-order chi connectivity index (χ1) is 8.36. The minimum atomic E-state index is -4.14. The first-order valence-electron chi connectivity index (χ1n) is 5.66. The summed E-state index contributed by atoms with van der Waals surface area (Å²) < 4.78 is 37.5. The van der Waals surface area contributed by atoms with Crippen LogP contribution in [0.3, 0.4) is 0 Å². The molecule has 0 saturated heterocycles. The highest BCUT2D eigenvalue weighted by Crippen LogP contribution is 2.41. The SMILES string of the molecule is Nc1nc(C2CCC(C(F)(F)F)CC2)[nH]c(=O)n1. The van der Waals surface area contributed by atoms with Crippen LogP contribution in [0.5, 0.6) is 0 Å². The fourth-order valence-electron chi connectivity index (χ4n) is 2.31. The molecule has 1 fully saturated rings. The number of rotatable bonds is 1. The third-order valence-electron chi connectivity index (χ3n) is 3.26. The Hall–Kier alpha value is -1.60. The Morgan fingerprint density at radius 3 is 2.28 bits per heavy atom. The van der Waals surface area contributed by atoms with Crippen molar-refractivity contribution in [3.8, 4) is 0 Å². The Bertz CT molecular complexity index is 477. The normalized spacial score (nSPS) is 25.1. The summed E-state index contributed by atoms with van der Waals surface area (Å²) in [5, 5.41) is 0. The van der Waals surface area contributed by atoms with E-state index in [0.717, 1.165) is 0 Å². The van der Waals surface area contributed by atoms with Gasteiger partial charge in [-0.15, -0.1) is 0 Å². The molecule has 1 aliphatic rings. The lowest BCUT2D eigenvalue weighted by Gasteiger charge is -2.29. The van der Waals surface area contributed by atoms with E-state index in [9.17, 15) is 18.0 Å². The van der Waals surface area contributed by atoms with Crippen LogP contribution in [0.4, 0.5) is 19.1 Å². The van der Waals surface area contributed by atoms with Crippen molar-refractivity contribution in [2.24, 2.45) is 5.92 Å². The molecular weight excluding hydrogens is 249 g/mol. The third-order valence-corrected chi connectivity index (χ3v) is 3.26. The van der Waals surface area contributed by atoms with Gasteiger partial charge in [-0.05, 0) is 25.7 Å². The molecule has 0 radical (unpaired) electrons. The summed E-state index contributed by atoms with van der Waals surface area (Å²) >= 11 is 0. The lowest BCUT2D eigenvalue weighted by Crippen LogP contribution is -2.28. The van der Waals surface area contributed by atoms with Gasteiger partial charge in [0.2, 0.25) is 5.95 Å². The van der Waals surface area contributed by atoms with Gasteiger partial charge in [0, 0.05) is 5.92 Å². The van der Waals surface area contributed by atoms with E-state index in [-0.39, 0.29) is 24.7 Å². The molecule has 1 saturated carbocycles. The van der Waals surface area contributed by atoms with E-state index in [1.54, 1.807) is 0 Å². The summed E-state index contributed by atoms with van der Waals surface area (Å²) in [6.07, 6.45) is -3.34. The molecule has 18 heavy (non-hydrogen) atoms. The van der Waals surface area contributed by atoms with Crippen LogP contribution in [-0.2, 0) is 0 Å². The lowest BCUT2D eigenvalue weighted by atomic mass is 9.81. The van der Waals surface area contributed by atoms with E-state index in [4.69, 9.17) is 5.73 Å². The monoisotopic (exact) mass is 262 g/mol. The Balaban J connectivity index is 2.08. The number of H-pyrrole nitrogens is 1. The standard InChI is InChI=1S/C10H13F3N4O/c11-10(12,13)6-3-1-5(2-4-6)7-15-8(14)17-9(18)16-7/h5-6H,1-4H2,(H3,14,15,16,17,18). The molecule has 0 amide bonds. The topological polar surface area (TPSA) is 84.7 Å². The minimum absolute atomic E-state index is 0.0557. The number of aromatic nitrogens is 3. The molecule has 0 aromatic carbocycles. The second kappa shape index (κ2) is 4.58. The highest BCUT2D eigenvalue weighted by atomic mass is 19.4.